The molecular formula is C9H3BrCl3NO2. The number of carbonyl (C=O) groups excluding carboxylic acids is 2. The van der Waals surface area contributed by atoms with E-state index in [1.54, 1.807) is 0 Å². The standard InChI is InChI=1S/C9H3BrCl3NO2/c10-8(9(16)14-3-15)4-1-6(12)7(13)2-5(4)11/h1-2,8H. The Morgan fingerprint density at radius 3 is 2.38 bits per heavy atom. The number of alkyl halides is 1. The predicted octanol–water partition coefficient (Wildman–Crippen LogP) is 3.95. The van der Waals surface area contributed by atoms with Crippen LogP contribution in [0.2, 0.25) is 15.1 Å². The van der Waals surface area contributed by atoms with Gasteiger partial charge in [0.2, 0.25) is 6.08 Å². The average Bonchev–Trinajstić information content (AvgIpc) is 2.23. The molecule has 0 saturated heterocycles. The molecule has 0 fully saturated rings. The van der Waals surface area contributed by atoms with Gasteiger partial charge in [-0.15, -0.1) is 4.99 Å². The van der Waals surface area contributed by atoms with Crippen molar-refractivity contribution in [2.45, 2.75) is 4.83 Å². The molecule has 1 aromatic carbocycles. The van der Waals surface area contributed by atoms with Gasteiger partial charge in [-0.1, -0.05) is 50.7 Å². The first-order chi connectivity index (χ1) is 7.47. The minimum Gasteiger partial charge on any atom is -0.270 e. The van der Waals surface area contributed by atoms with Crippen molar-refractivity contribution >= 4 is 62.7 Å². The van der Waals surface area contributed by atoms with Crippen molar-refractivity contribution in [3.63, 3.8) is 0 Å². The third kappa shape index (κ3) is 3.06. The van der Waals surface area contributed by atoms with E-state index in [2.05, 4.69) is 20.9 Å². The summed E-state index contributed by atoms with van der Waals surface area (Å²) in [6.45, 7) is 0. The van der Waals surface area contributed by atoms with Crippen molar-refractivity contribution in [3.05, 3.63) is 32.8 Å². The van der Waals surface area contributed by atoms with Crippen LogP contribution in [0.1, 0.15) is 10.4 Å². The van der Waals surface area contributed by atoms with E-state index in [-0.39, 0.29) is 15.1 Å². The zero-order valence-corrected chi connectivity index (χ0v) is 11.4. The van der Waals surface area contributed by atoms with Gasteiger partial charge in [-0.2, -0.15) is 0 Å². The molecule has 0 bridgehead atoms. The van der Waals surface area contributed by atoms with E-state index >= 15 is 0 Å². The molecular weight excluding hydrogens is 340 g/mol. The van der Waals surface area contributed by atoms with Crippen LogP contribution in [0.3, 0.4) is 0 Å². The van der Waals surface area contributed by atoms with E-state index < -0.39 is 10.7 Å². The molecule has 0 heterocycles. The van der Waals surface area contributed by atoms with Gasteiger partial charge in [0.15, 0.2) is 0 Å². The van der Waals surface area contributed by atoms with Crippen molar-refractivity contribution in [1.82, 2.24) is 0 Å². The Balaban J connectivity index is 3.18. The zero-order valence-electron chi connectivity index (χ0n) is 7.51. The van der Waals surface area contributed by atoms with E-state index in [0.717, 1.165) is 6.08 Å². The number of hydrogen-bond acceptors (Lipinski definition) is 2. The van der Waals surface area contributed by atoms with Gasteiger partial charge in [-0.25, -0.2) is 4.79 Å². The number of benzene rings is 1. The van der Waals surface area contributed by atoms with Crippen molar-refractivity contribution in [1.29, 1.82) is 0 Å². The third-order valence-electron chi connectivity index (χ3n) is 1.69. The SMILES string of the molecule is O=C=NC(=O)C(Br)c1cc(Cl)c(Cl)cc1Cl. The lowest BCUT2D eigenvalue weighted by atomic mass is 10.1. The fraction of sp³-hybridized carbons (Fsp3) is 0.111. The summed E-state index contributed by atoms with van der Waals surface area (Å²) >= 11 is 20.4. The van der Waals surface area contributed by atoms with E-state index in [4.69, 9.17) is 34.8 Å². The first-order valence-electron chi connectivity index (χ1n) is 3.87. The molecule has 1 rings (SSSR count). The van der Waals surface area contributed by atoms with Gasteiger partial charge in [0.1, 0.15) is 4.83 Å². The highest BCUT2D eigenvalue weighted by Crippen LogP contribution is 2.36. The molecule has 1 amide bonds. The largest absolute Gasteiger partial charge is 0.274 e. The van der Waals surface area contributed by atoms with Crippen LogP contribution >= 0.6 is 50.7 Å². The molecule has 1 unspecified atom stereocenters. The number of carbonyl (C=O) groups is 1. The number of isocyanates is 1. The Morgan fingerprint density at radius 2 is 1.81 bits per heavy atom. The van der Waals surface area contributed by atoms with Gasteiger partial charge in [-0.3, -0.25) is 4.79 Å². The first kappa shape index (κ1) is 13.7. The summed E-state index contributed by atoms with van der Waals surface area (Å²) in [5.74, 6) is -0.713. The third-order valence-corrected chi connectivity index (χ3v) is 3.62. The topological polar surface area (TPSA) is 46.5 Å². The number of aliphatic imine (C=N–C) groups is 1. The molecule has 0 aromatic heterocycles. The maximum atomic E-state index is 11.3. The fourth-order valence-corrected chi connectivity index (χ4v) is 2.24. The Kier molecular flexibility index (Phi) is 4.96. The molecule has 3 nitrogen and oxygen atoms in total. The normalized spacial score (nSPS) is 11.8. The van der Waals surface area contributed by atoms with Gasteiger partial charge < -0.3 is 0 Å². The maximum Gasteiger partial charge on any atom is 0.274 e. The maximum absolute atomic E-state index is 11.3. The van der Waals surface area contributed by atoms with Crippen LogP contribution in [0.25, 0.3) is 0 Å². The second-order valence-corrected chi connectivity index (χ2v) is 4.83. The van der Waals surface area contributed by atoms with Crippen LogP contribution in [-0.2, 0) is 9.59 Å². The molecule has 0 N–H and O–H groups in total. The summed E-state index contributed by atoms with van der Waals surface area (Å²) < 4.78 is 0. The van der Waals surface area contributed by atoms with Crippen LogP contribution in [0.5, 0.6) is 0 Å². The molecule has 7 heteroatoms. The highest BCUT2D eigenvalue weighted by Gasteiger charge is 2.20. The van der Waals surface area contributed by atoms with E-state index in [0.29, 0.717) is 5.56 Å². The highest BCUT2D eigenvalue weighted by atomic mass is 79.9. The summed E-state index contributed by atoms with van der Waals surface area (Å²) in [5.41, 5.74) is 0.389. The molecule has 0 aliphatic rings. The van der Waals surface area contributed by atoms with Gasteiger partial charge in [-0.05, 0) is 17.7 Å². The summed E-state index contributed by atoms with van der Waals surface area (Å²) in [7, 11) is 0. The molecule has 0 aliphatic heterocycles. The van der Waals surface area contributed by atoms with Crippen LogP contribution in [0, 0.1) is 0 Å². The molecule has 1 atom stereocenters. The molecule has 0 spiro atoms. The molecule has 0 aliphatic carbocycles. The molecule has 16 heavy (non-hydrogen) atoms. The lowest BCUT2D eigenvalue weighted by molar-refractivity contribution is -0.117. The zero-order chi connectivity index (χ0) is 12.3. The molecule has 84 valence electrons. The average molecular weight is 343 g/mol. The summed E-state index contributed by atoms with van der Waals surface area (Å²) in [4.78, 5) is 23.3. The lowest BCUT2D eigenvalue weighted by Gasteiger charge is -2.09. The van der Waals surface area contributed by atoms with Crippen LogP contribution < -0.4 is 0 Å². The van der Waals surface area contributed by atoms with E-state index in [1.165, 1.54) is 12.1 Å². The summed E-state index contributed by atoms with van der Waals surface area (Å²) in [6.07, 6.45) is 1.16. The van der Waals surface area contributed by atoms with Crippen molar-refractivity contribution in [2.75, 3.05) is 0 Å². The summed E-state index contributed by atoms with van der Waals surface area (Å²) in [5, 5.41) is 0.792. The van der Waals surface area contributed by atoms with Crippen molar-refractivity contribution in [3.8, 4) is 0 Å². The van der Waals surface area contributed by atoms with E-state index in [9.17, 15) is 9.59 Å². The van der Waals surface area contributed by atoms with Crippen LogP contribution in [-0.4, -0.2) is 12.0 Å². The Morgan fingerprint density at radius 1 is 1.25 bits per heavy atom. The quantitative estimate of drug-likeness (QED) is 0.353. The molecule has 0 radical (unpaired) electrons. The highest BCUT2D eigenvalue weighted by molar-refractivity contribution is 9.09. The minimum atomic E-state index is -0.851. The fourth-order valence-electron chi connectivity index (χ4n) is 0.967. The Hall–Kier alpha value is -0.380. The summed E-state index contributed by atoms with van der Waals surface area (Å²) in [6, 6.07) is 2.84. The Bertz CT molecular complexity index is 486. The number of nitrogens with zero attached hydrogens (tertiary/aromatic N) is 1. The number of rotatable bonds is 2. The molecule has 0 saturated carbocycles. The minimum absolute atomic E-state index is 0.255. The monoisotopic (exact) mass is 341 g/mol. The van der Waals surface area contributed by atoms with Gasteiger partial charge >= 0.3 is 0 Å². The second kappa shape index (κ2) is 5.80. The van der Waals surface area contributed by atoms with Gasteiger partial charge in [0, 0.05) is 5.02 Å². The number of amides is 1. The van der Waals surface area contributed by atoms with Gasteiger partial charge in [0.25, 0.3) is 5.91 Å². The predicted molar refractivity (Wildman–Crippen MR) is 66.3 cm³/mol. The second-order valence-electron chi connectivity index (χ2n) is 2.69. The Labute approximate surface area is 115 Å². The number of halogens is 4. The van der Waals surface area contributed by atoms with Crippen molar-refractivity contribution in [2.24, 2.45) is 4.99 Å². The lowest BCUT2D eigenvalue weighted by Crippen LogP contribution is -2.03. The number of hydrogen-bond donors (Lipinski definition) is 0. The van der Waals surface area contributed by atoms with Crippen LogP contribution in [0.4, 0.5) is 0 Å². The van der Waals surface area contributed by atoms with Crippen molar-refractivity contribution < 1.29 is 9.59 Å². The van der Waals surface area contributed by atoms with Crippen LogP contribution in [0.15, 0.2) is 17.1 Å². The first-order valence-corrected chi connectivity index (χ1v) is 5.92. The van der Waals surface area contributed by atoms with Gasteiger partial charge in [0.05, 0.1) is 10.0 Å². The van der Waals surface area contributed by atoms with E-state index in [1.807, 2.05) is 0 Å². The smallest absolute Gasteiger partial charge is 0.270 e. The molecule has 1 aromatic rings.